The predicted octanol–water partition coefficient (Wildman–Crippen LogP) is 0.541. The van der Waals surface area contributed by atoms with E-state index < -0.39 is 29.8 Å². The first-order chi connectivity index (χ1) is 7.51. The van der Waals surface area contributed by atoms with Crippen LogP contribution >= 0.6 is 0 Å². The van der Waals surface area contributed by atoms with E-state index >= 15 is 0 Å². The highest BCUT2D eigenvalue weighted by atomic mass is 19.4. The fourth-order valence-electron chi connectivity index (χ4n) is 0.832. The van der Waals surface area contributed by atoms with Gasteiger partial charge in [-0.25, -0.2) is 4.79 Å². The minimum Gasteiger partial charge on any atom is -0.327 e. The van der Waals surface area contributed by atoms with E-state index in [1.165, 1.54) is 6.92 Å². The molecular formula is C9H16F3N3O2. The molecule has 0 radical (unpaired) electrons. The fraction of sp³-hybridized carbons (Fsp3) is 0.778. The van der Waals surface area contributed by atoms with Crippen LogP contribution in [0.4, 0.5) is 18.0 Å². The molecule has 0 rings (SSSR count). The van der Waals surface area contributed by atoms with Gasteiger partial charge in [-0.3, -0.25) is 0 Å². The summed E-state index contributed by atoms with van der Waals surface area (Å²) >= 11 is 0. The van der Waals surface area contributed by atoms with Gasteiger partial charge in [-0.2, -0.15) is 13.2 Å². The van der Waals surface area contributed by atoms with Gasteiger partial charge in [0.25, 0.3) is 0 Å². The van der Waals surface area contributed by atoms with Gasteiger partial charge < -0.3 is 21.2 Å². The van der Waals surface area contributed by atoms with Gasteiger partial charge in [0, 0.05) is 6.04 Å². The number of nitrogens with two attached hydrogens (primary N) is 1. The molecule has 0 spiro atoms. The summed E-state index contributed by atoms with van der Waals surface area (Å²) in [6.07, 6.45) is -4.22. The van der Waals surface area contributed by atoms with Crippen LogP contribution in [-0.2, 0) is 4.79 Å². The minimum absolute atomic E-state index is 0.366. The van der Waals surface area contributed by atoms with Crippen molar-refractivity contribution in [2.75, 3.05) is 0 Å². The number of hydrogen-bond acceptors (Lipinski definition) is 3. The van der Waals surface area contributed by atoms with Gasteiger partial charge in [0.1, 0.15) is 17.9 Å². The molecule has 5 nitrogen and oxygen atoms in total. The van der Waals surface area contributed by atoms with Crippen LogP contribution in [0.5, 0.6) is 0 Å². The lowest BCUT2D eigenvalue weighted by Crippen LogP contribution is -2.60. The van der Waals surface area contributed by atoms with Crippen LogP contribution in [0.2, 0.25) is 0 Å². The molecule has 8 heteroatoms. The molecule has 0 aromatic heterocycles. The van der Waals surface area contributed by atoms with Gasteiger partial charge in [0.05, 0.1) is 0 Å². The van der Waals surface area contributed by atoms with Gasteiger partial charge in [-0.15, -0.1) is 0 Å². The second kappa shape index (κ2) is 5.35. The number of aldehydes is 1. The van der Waals surface area contributed by atoms with Gasteiger partial charge >= 0.3 is 12.2 Å². The van der Waals surface area contributed by atoms with Crippen molar-refractivity contribution < 1.29 is 22.8 Å². The average molecular weight is 255 g/mol. The van der Waals surface area contributed by atoms with Crippen LogP contribution in [-0.4, -0.2) is 36.1 Å². The molecule has 0 aromatic carbocycles. The van der Waals surface area contributed by atoms with Crippen LogP contribution < -0.4 is 16.4 Å². The van der Waals surface area contributed by atoms with E-state index in [2.05, 4.69) is 5.32 Å². The van der Waals surface area contributed by atoms with Crippen molar-refractivity contribution in [2.45, 2.75) is 44.6 Å². The van der Waals surface area contributed by atoms with Crippen LogP contribution in [0.3, 0.4) is 0 Å². The number of alkyl halides is 3. The molecule has 2 amide bonds. The molecule has 2 unspecified atom stereocenters. The van der Waals surface area contributed by atoms with Crippen molar-refractivity contribution >= 4 is 12.3 Å². The Kier molecular flexibility index (Phi) is 4.94. The van der Waals surface area contributed by atoms with E-state index in [1.54, 1.807) is 5.32 Å². The lowest BCUT2D eigenvalue weighted by Gasteiger charge is -2.29. The third-order valence-electron chi connectivity index (χ3n) is 2.15. The molecule has 0 fully saturated rings. The lowest BCUT2D eigenvalue weighted by molar-refractivity contribution is -0.182. The summed E-state index contributed by atoms with van der Waals surface area (Å²) in [7, 11) is 0. The molecular weight excluding hydrogens is 239 g/mol. The number of urea groups is 1. The van der Waals surface area contributed by atoms with Crippen LogP contribution in [0, 0.1) is 0 Å². The van der Waals surface area contributed by atoms with E-state index in [-0.39, 0.29) is 0 Å². The van der Waals surface area contributed by atoms with Gasteiger partial charge in [-0.05, 0) is 20.8 Å². The topological polar surface area (TPSA) is 84.2 Å². The Balaban J connectivity index is 4.51. The molecule has 0 bridgehead atoms. The summed E-state index contributed by atoms with van der Waals surface area (Å²) in [6.45, 7) is 3.08. The Hall–Kier alpha value is -1.31. The Morgan fingerprint density at radius 2 is 1.82 bits per heavy atom. The maximum atomic E-state index is 12.4. The molecule has 4 N–H and O–H groups in total. The Bertz CT molecular complexity index is 290. The van der Waals surface area contributed by atoms with Crippen molar-refractivity contribution in [3.8, 4) is 0 Å². The quantitative estimate of drug-likeness (QED) is 0.641. The zero-order valence-electron chi connectivity index (χ0n) is 9.76. The van der Waals surface area contributed by atoms with Gasteiger partial charge in [0.15, 0.2) is 0 Å². The molecule has 0 heterocycles. The molecule has 100 valence electrons. The Morgan fingerprint density at radius 3 is 2.12 bits per heavy atom. The summed E-state index contributed by atoms with van der Waals surface area (Å²) in [5.74, 6) is 0. The largest absolute Gasteiger partial charge is 0.411 e. The van der Waals surface area contributed by atoms with Crippen LogP contribution in [0.25, 0.3) is 0 Å². The molecule has 0 saturated carbocycles. The van der Waals surface area contributed by atoms with Crippen molar-refractivity contribution in [2.24, 2.45) is 5.73 Å². The summed E-state index contributed by atoms with van der Waals surface area (Å²) in [4.78, 5) is 21.7. The van der Waals surface area contributed by atoms with Crippen molar-refractivity contribution in [1.82, 2.24) is 10.6 Å². The van der Waals surface area contributed by atoms with Crippen molar-refractivity contribution in [3.05, 3.63) is 0 Å². The van der Waals surface area contributed by atoms with Crippen LogP contribution in [0.15, 0.2) is 0 Å². The monoisotopic (exact) mass is 255 g/mol. The summed E-state index contributed by atoms with van der Waals surface area (Å²) < 4.78 is 37.3. The average Bonchev–Trinajstić information content (AvgIpc) is 2.10. The van der Waals surface area contributed by atoms with Gasteiger partial charge in [-0.1, -0.05) is 0 Å². The molecule has 2 atom stereocenters. The van der Waals surface area contributed by atoms with E-state index in [9.17, 15) is 22.8 Å². The number of rotatable bonds is 4. The summed E-state index contributed by atoms with van der Waals surface area (Å²) in [5.41, 5.74) is 2.96. The van der Waals surface area contributed by atoms with Crippen molar-refractivity contribution in [1.29, 1.82) is 0 Å². The van der Waals surface area contributed by atoms with E-state index in [0.717, 1.165) is 13.8 Å². The Labute approximate surface area is 96.9 Å². The number of carbonyl (C=O) groups is 2. The fourth-order valence-corrected chi connectivity index (χ4v) is 0.832. The van der Waals surface area contributed by atoms with E-state index in [1.807, 2.05) is 0 Å². The zero-order chi connectivity index (χ0) is 13.9. The molecule has 0 aliphatic carbocycles. The maximum Gasteiger partial charge on any atom is 0.411 e. The SMILES string of the molecule is CC(N)C(C=O)NC(=O)NC(C)(C)C(F)(F)F. The number of nitrogens with one attached hydrogen (secondary N) is 2. The normalized spacial score (nSPS) is 15.9. The second-order valence-corrected chi connectivity index (χ2v) is 4.24. The summed E-state index contributed by atoms with van der Waals surface area (Å²) in [5, 5.41) is 3.78. The maximum absolute atomic E-state index is 12.4. The van der Waals surface area contributed by atoms with Crippen molar-refractivity contribution in [3.63, 3.8) is 0 Å². The Morgan fingerprint density at radius 1 is 1.35 bits per heavy atom. The number of hydrogen-bond donors (Lipinski definition) is 3. The molecule has 0 saturated heterocycles. The molecule has 0 aromatic rings. The zero-order valence-corrected chi connectivity index (χ0v) is 9.76. The van der Waals surface area contributed by atoms with E-state index in [4.69, 9.17) is 5.73 Å². The third-order valence-corrected chi connectivity index (χ3v) is 2.15. The van der Waals surface area contributed by atoms with Gasteiger partial charge in [0.2, 0.25) is 0 Å². The highest BCUT2D eigenvalue weighted by molar-refractivity contribution is 5.79. The number of amides is 2. The standard InChI is InChI=1S/C9H16F3N3O2/c1-5(13)6(4-16)14-7(17)15-8(2,3)9(10,11)12/h4-6H,13H2,1-3H3,(H2,14,15,17). The number of carbonyl (C=O) groups excluding carboxylic acids is 2. The lowest BCUT2D eigenvalue weighted by atomic mass is 10.1. The van der Waals surface area contributed by atoms with Crippen LogP contribution in [0.1, 0.15) is 20.8 Å². The summed E-state index contributed by atoms with van der Waals surface area (Å²) in [6, 6.07) is -2.81. The highest BCUT2D eigenvalue weighted by Crippen LogP contribution is 2.29. The second-order valence-electron chi connectivity index (χ2n) is 4.24. The highest BCUT2D eigenvalue weighted by Gasteiger charge is 2.48. The molecule has 17 heavy (non-hydrogen) atoms. The van der Waals surface area contributed by atoms with E-state index in [0.29, 0.717) is 6.29 Å². The minimum atomic E-state index is -4.59. The third kappa shape index (κ3) is 4.59. The first kappa shape index (κ1) is 15.7. The smallest absolute Gasteiger partial charge is 0.327 e. The first-order valence-corrected chi connectivity index (χ1v) is 4.87. The predicted molar refractivity (Wildman–Crippen MR) is 55.3 cm³/mol. The molecule has 0 aliphatic heterocycles. The first-order valence-electron chi connectivity index (χ1n) is 4.87. The molecule has 0 aliphatic rings. The number of halogens is 3.